The summed E-state index contributed by atoms with van der Waals surface area (Å²) in [6.07, 6.45) is 0. The van der Waals surface area contributed by atoms with Gasteiger partial charge >= 0.3 is 0 Å². The normalized spacial score (nSPS) is 12.7. The zero-order valence-electron chi connectivity index (χ0n) is 11.3. The summed E-state index contributed by atoms with van der Waals surface area (Å²) in [6, 6.07) is 22.3. The lowest BCUT2D eigenvalue weighted by atomic mass is 10.0. The molecule has 2 rings (SSSR count). The van der Waals surface area contributed by atoms with E-state index < -0.39 is 0 Å². The number of nitrogens with two attached hydrogens (primary N) is 1. The topological polar surface area (TPSA) is 16.6 Å². The number of hydrogen-bond acceptors (Lipinski definition) is 0. The Morgan fingerprint density at radius 1 is 0.632 bits per heavy atom. The van der Waals surface area contributed by atoms with Gasteiger partial charge in [-0.1, -0.05) is 60.7 Å². The minimum atomic E-state index is 0. The van der Waals surface area contributed by atoms with Gasteiger partial charge in [0.2, 0.25) is 0 Å². The van der Waals surface area contributed by atoms with Crippen molar-refractivity contribution < 1.29 is 53.3 Å². The van der Waals surface area contributed by atoms with Crippen LogP contribution in [0.5, 0.6) is 0 Å². The summed E-state index contributed by atoms with van der Waals surface area (Å²) in [5, 5.41) is 2.41. The fourth-order valence-electron chi connectivity index (χ4n) is 2.17. The predicted octanol–water partition coefficient (Wildman–Crippen LogP) is -2.92. The maximum atomic E-state index is 2.41. The average Bonchev–Trinajstić information content (AvgIpc) is 2.40. The lowest BCUT2D eigenvalue weighted by molar-refractivity contribution is -0.728. The van der Waals surface area contributed by atoms with Crippen molar-refractivity contribution >= 4 is 0 Å². The summed E-state index contributed by atoms with van der Waals surface area (Å²) < 4.78 is 0. The van der Waals surface area contributed by atoms with Crippen molar-refractivity contribution in [2.45, 2.75) is 25.9 Å². The standard InChI is InChI=1S/C16H19N.2HI/c1-13(15-9-5-3-6-10-15)17-14(2)16-11-7-4-8-12-16;;/h3-14,17H,1-2H3;2*1H/p-1/t13-,14?;;/m0../s1. The monoisotopic (exact) mass is 480 g/mol. The van der Waals surface area contributed by atoms with Gasteiger partial charge in [-0.15, -0.1) is 0 Å². The van der Waals surface area contributed by atoms with Crippen molar-refractivity contribution in [2.24, 2.45) is 0 Å². The lowest BCUT2D eigenvalue weighted by Gasteiger charge is -2.17. The van der Waals surface area contributed by atoms with Gasteiger partial charge < -0.3 is 53.3 Å². The Hall–Kier alpha value is -0.140. The molecule has 0 amide bonds. The molecule has 0 radical (unpaired) electrons. The second-order valence-electron chi connectivity index (χ2n) is 4.59. The molecule has 2 atom stereocenters. The van der Waals surface area contributed by atoms with E-state index in [4.69, 9.17) is 0 Å². The molecule has 19 heavy (non-hydrogen) atoms. The molecule has 0 saturated carbocycles. The molecule has 0 bridgehead atoms. The zero-order valence-corrected chi connectivity index (χ0v) is 15.6. The van der Waals surface area contributed by atoms with E-state index in [0.717, 1.165) is 0 Å². The van der Waals surface area contributed by atoms with Crippen LogP contribution in [-0.2, 0) is 0 Å². The van der Waals surface area contributed by atoms with Gasteiger partial charge in [-0.3, -0.25) is 0 Å². The van der Waals surface area contributed by atoms with Gasteiger partial charge in [0, 0.05) is 11.1 Å². The minimum Gasteiger partial charge on any atom is -1.00 e. The first-order valence-corrected chi connectivity index (χ1v) is 6.22. The van der Waals surface area contributed by atoms with Gasteiger partial charge in [0.25, 0.3) is 0 Å². The Bertz CT molecular complexity index is 401. The van der Waals surface area contributed by atoms with E-state index in [1.54, 1.807) is 0 Å². The van der Waals surface area contributed by atoms with Crippen LogP contribution in [0.1, 0.15) is 37.1 Å². The quantitative estimate of drug-likeness (QED) is 0.453. The number of rotatable bonds is 4. The van der Waals surface area contributed by atoms with Gasteiger partial charge in [0.1, 0.15) is 12.1 Å². The molecule has 0 aliphatic heterocycles. The second kappa shape index (κ2) is 9.72. The van der Waals surface area contributed by atoms with Gasteiger partial charge in [0.15, 0.2) is 0 Å². The zero-order chi connectivity index (χ0) is 12.1. The van der Waals surface area contributed by atoms with Crippen molar-refractivity contribution in [2.75, 3.05) is 0 Å². The molecule has 0 aliphatic rings. The molecule has 104 valence electrons. The van der Waals surface area contributed by atoms with Crippen LogP contribution in [0.2, 0.25) is 0 Å². The van der Waals surface area contributed by atoms with Crippen LogP contribution in [0.25, 0.3) is 0 Å². The first-order valence-electron chi connectivity index (χ1n) is 6.22. The maximum absolute atomic E-state index is 2.41. The van der Waals surface area contributed by atoms with Gasteiger partial charge in [-0.2, -0.15) is 0 Å². The van der Waals surface area contributed by atoms with E-state index in [9.17, 15) is 0 Å². The molecule has 1 unspecified atom stereocenters. The minimum absolute atomic E-state index is 0. The third-order valence-electron chi connectivity index (χ3n) is 3.23. The fourth-order valence-corrected chi connectivity index (χ4v) is 2.17. The van der Waals surface area contributed by atoms with Gasteiger partial charge in [-0.25, -0.2) is 0 Å². The largest absolute Gasteiger partial charge is 1.00 e. The highest BCUT2D eigenvalue weighted by Gasteiger charge is 2.14. The van der Waals surface area contributed by atoms with Crippen LogP contribution in [-0.4, -0.2) is 0 Å². The second-order valence-corrected chi connectivity index (χ2v) is 4.59. The third-order valence-corrected chi connectivity index (χ3v) is 3.23. The van der Waals surface area contributed by atoms with E-state index in [-0.39, 0.29) is 48.0 Å². The summed E-state index contributed by atoms with van der Waals surface area (Å²) in [5.41, 5.74) is 2.77. The average molecular weight is 480 g/mol. The van der Waals surface area contributed by atoms with Crippen molar-refractivity contribution in [3.05, 3.63) is 71.8 Å². The van der Waals surface area contributed by atoms with Gasteiger partial charge in [-0.05, 0) is 13.8 Å². The van der Waals surface area contributed by atoms with Crippen molar-refractivity contribution in [3.8, 4) is 0 Å². The summed E-state index contributed by atoms with van der Waals surface area (Å²) >= 11 is 0. The molecule has 0 saturated heterocycles. The Kier molecular flexibility index (Phi) is 9.64. The van der Waals surface area contributed by atoms with Crippen LogP contribution in [0.4, 0.5) is 0 Å². The van der Waals surface area contributed by atoms with Crippen LogP contribution in [0.15, 0.2) is 60.7 Å². The van der Waals surface area contributed by atoms with Crippen LogP contribution >= 0.6 is 0 Å². The Balaban J connectivity index is 0.00000162. The van der Waals surface area contributed by atoms with E-state index in [0.29, 0.717) is 12.1 Å². The maximum Gasteiger partial charge on any atom is 0.109 e. The number of halogens is 2. The smallest absolute Gasteiger partial charge is 0.109 e. The molecule has 2 N–H and O–H groups in total. The summed E-state index contributed by atoms with van der Waals surface area (Å²) in [5.74, 6) is 0. The van der Waals surface area contributed by atoms with Gasteiger partial charge in [0.05, 0.1) is 0 Å². The lowest BCUT2D eigenvalue weighted by Crippen LogP contribution is -3.00. The van der Waals surface area contributed by atoms with Crippen LogP contribution in [0.3, 0.4) is 0 Å². The number of quaternary nitrogens is 1. The SMILES string of the molecule is CC([NH2+][C@@H](C)c1ccccc1)c1ccccc1.[I-].[I-]. The van der Waals surface area contributed by atoms with E-state index in [1.165, 1.54) is 11.1 Å². The molecular formula is C16H20I2N-. The van der Waals surface area contributed by atoms with E-state index in [1.807, 2.05) is 0 Å². The predicted molar refractivity (Wildman–Crippen MR) is 71.6 cm³/mol. The van der Waals surface area contributed by atoms with E-state index in [2.05, 4.69) is 79.8 Å². The molecule has 1 nitrogen and oxygen atoms in total. The summed E-state index contributed by atoms with van der Waals surface area (Å²) in [7, 11) is 0. The summed E-state index contributed by atoms with van der Waals surface area (Å²) in [6.45, 7) is 4.52. The molecule has 0 spiro atoms. The molecule has 0 aliphatic carbocycles. The van der Waals surface area contributed by atoms with Crippen molar-refractivity contribution in [1.29, 1.82) is 0 Å². The molecule has 2 aromatic rings. The van der Waals surface area contributed by atoms with Crippen LogP contribution < -0.4 is 53.3 Å². The molecule has 3 heteroatoms. The molecular weight excluding hydrogens is 460 g/mol. The fraction of sp³-hybridized carbons (Fsp3) is 0.250. The highest BCUT2D eigenvalue weighted by Crippen LogP contribution is 2.11. The number of benzene rings is 2. The Labute approximate surface area is 150 Å². The number of hydrogen-bond donors (Lipinski definition) is 1. The Morgan fingerprint density at radius 3 is 1.26 bits per heavy atom. The van der Waals surface area contributed by atoms with Crippen molar-refractivity contribution in [3.63, 3.8) is 0 Å². The summed E-state index contributed by atoms with van der Waals surface area (Å²) in [4.78, 5) is 0. The highest BCUT2D eigenvalue weighted by molar-refractivity contribution is 5.18. The first-order chi connectivity index (χ1) is 8.27. The first kappa shape index (κ1) is 18.9. The molecule has 0 heterocycles. The molecule has 2 aromatic carbocycles. The van der Waals surface area contributed by atoms with Crippen molar-refractivity contribution in [1.82, 2.24) is 0 Å². The van der Waals surface area contributed by atoms with E-state index >= 15 is 0 Å². The third kappa shape index (κ3) is 5.79. The molecule has 0 aromatic heterocycles. The Morgan fingerprint density at radius 2 is 0.947 bits per heavy atom. The molecule has 0 fully saturated rings. The van der Waals surface area contributed by atoms with Crippen LogP contribution in [0, 0.1) is 0 Å². The highest BCUT2D eigenvalue weighted by atomic mass is 127.